The van der Waals surface area contributed by atoms with E-state index in [4.69, 9.17) is 10.8 Å². The lowest BCUT2D eigenvalue weighted by Gasteiger charge is -2.29. The van der Waals surface area contributed by atoms with Crippen molar-refractivity contribution in [1.29, 1.82) is 0 Å². The van der Waals surface area contributed by atoms with Gasteiger partial charge >= 0.3 is 0 Å². The monoisotopic (exact) mass is 222 g/mol. The van der Waals surface area contributed by atoms with Crippen LogP contribution in [0.3, 0.4) is 0 Å². The Balaban J connectivity index is 2.92. The van der Waals surface area contributed by atoms with Gasteiger partial charge in [0.2, 0.25) is 0 Å². The van der Waals surface area contributed by atoms with E-state index in [0.717, 1.165) is 12.0 Å². The minimum Gasteiger partial charge on any atom is -0.395 e. The smallest absolute Gasteiger partial charge is 0.0601 e. The molecule has 1 rings (SSSR count). The van der Waals surface area contributed by atoms with Gasteiger partial charge in [-0.15, -0.1) is 0 Å². The average molecular weight is 222 g/mol. The van der Waals surface area contributed by atoms with Crippen LogP contribution in [0.25, 0.3) is 0 Å². The van der Waals surface area contributed by atoms with E-state index >= 15 is 0 Å². The summed E-state index contributed by atoms with van der Waals surface area (Å²) >= 11 is 0. The molecule has 0 saturated heterocycles. The second kappa shape index (κ2) is 5.99. The number of aliphatic hydroxyl groups excluding tert-OH is 1. The normalized spacial score (nSPS) is 15.1. The SMILES string of the molecule is CCc1ccc(C(C(N)CO)N(C)C)cc1. The number of aliphatic hydroxyl groups is 1. The average Bonchev–Trinajstić information content (AvgIpc) is 2.29. The molecule has 2 unspecified atom stereocenters. The molecule has 3 N–H and O–H groups in total. The highest BCUT2D eigenvalue weighted by Gasteiger charge is 2.20. The zero-order valence-electron chi connectivity index (χ0n) is 10.4. The van der Waals surface area contributed by atoms with Crippen molar-refractivity contribution >= 4 is 0 Å². The number of aryl methyl sites for hydroxylation is 1. The Morgan fingerprint density at radius 1 is 1.25 bits per heavy atom. The molecule has 16 heavy (non-hydrogen) atoms. The highest BCUT2D eigenvalue weighted by atomic mass is 16.3. The predicted molar refractivity (Wildman–Crippen MR) is 67.3 cm³/mol. The molecule has 0 saturated carbocycles. The van der Waals surface area contributed by atoms with Crippen LogP contribution >= 0.6 is 0 Å². The maximum atomic E-state index is 9.16. The zero-order chi connectivity index (χ0) is 12.1. The molecule has 0 aliphatic heterocycles. The van der Waals surface area contributed by atoms with Crippen molar-refractivity contribution in [2.45, 2.75) is 25.4 Å². The van der Waals surface area contributed by atoms with Gasteiger partial charge < -0.3 is 15.7 Å². The maximum Gasteiger partial charge on any atom is 0.0601 e. The number of hydrogen-bond acceptors (Lipinski definition) is 3. The van der Waals surface area contributed by atoms with Gasteiger partial charge in [0, 0.05) is 6.04 Å². The van der Waals surface area contributed by atoms with Crippen molar-refractivity contribution < 1.29 is 5.11 Å². The van der Waals surface area contributed by atoms with Crippen molar-refractivity contribution in [3.8, 4) is 0 Å². The Morgan fingerprint density at radius 3 is 2.19 bits per heavy atom. The molecule has 90 valence electrons. The summed E-state index contributed by atoms with van der Waals surface area (Å²) in [4.78, 5) is 2.04. The van der Waals surface area contributed by atoms with Crippen LogP contribution in [-0.4, -0.2) is 36.8 Å². The molecule has 0 bridgehead atoms. The molecule has 0 aliphatic rings. The number of benzene rings is 1. The first kappa shape index (κ1) is 13.2. The van der Waals surface area contributed by atoms with Crippen molar-refractivity contribution in [1.82, 2.24) is 4.90 Å². The van der Waals surface area contributed by atoms with Crippen LogP contribution in [0.15, 0.2) is 24.3 Å². The van der Waals surface area contributed by atoms with E-state index in [9.17, 15) is 0 Å². The van der Waals surface area contributed by atoms with E-state index < -0.39 is 0 Å². The van der Waals surface area contributed by atoms with Crippen molar-refractivity contribution in [2.24, 2.45) is 5.73 Å². The largest absolute Gasteiger partial charge is 0.395 e. The van der Waals surface area contributed by atoms with Gasteiger partial charge in [0.25, 0.3) is 0 Å². The molecule has 1 aromatic rings. The molecule has 1 aromatic carbocycles. The maximum absolute atomic E-state index is 9.16. The Morgan fingerprint density at radius 2 is 1.81 bits per heavy atom. The van der Waals surface area contributed by atoms with Gasteiger partial charge in [-0.1, -0.05) is 31.2 Å². The Bertz CT molecular complexity index is 308. The summed E-state index contributed by atoms with van der Waals surface area (Å²) in [5, 5.41) is 9.16. The zero-order valence-corrected chi connectivity index (χ0v) is 10.4. The summed E-state index contributed by atoms with van der Waals surface area (Å²) in [6, 6.07) is 8.25. The van der Waals surface area contributed by atoms with Gasteiger partial charge in [-0.05, 0) is 31.6 Å². The molecule has 0 aliphatic carbocycles. The third-order valence-corrected chi connectivity index (χ3v) is 2.90. The summed E-state index contributed by atoms with van der Waals surface area (Å²) < 4.78 is 0. The van der Waals surface area contributed by atoms with Crippen LogP contribution < -0.4 is 5.73 Å². The number of hydrogen-bond donors (Lipinski definition) is 2. The Hall–Kier alpha value is -0.900. The van der Waals surface area contributed by atoms with Crippen LogP contribution in [0.1, 0.15) is 24.1 Å². The fourth-order valence-corrected chi connectivity index (χ4v) is 1.98. The van der Waals surface area contributed by atoms with Crippen molar-refractivity contribution in [3.63, 3.8) is 0 Å². The van der Waals surface area contributed by atoms with Gasteiger partial charge in [-0.3, -0.25) is 0 Å². The first-order valence-corrected chi connectivity index (χ1v) is 5.71. The number of nitrogens with zero attached hydrogens (tertiary/aromatic N) is 1. The second-order valence-corrected chi connectivity index (χ2v) is 4.35. The van der Waals surface area contributed by atoms with Crippen LogP contribution in [-0.2, 0) is 6.42 Å². The summed E-state index contributed by atoms with van der Waals surface area (Å²) in [6.07, 6.45) is 1.04. The van der Waals surface area contributed by atoms with E-state index in [1.165, 1.54) is 5.56 Å². The molecule has 0 amide bonds. The summed E-state index contributed by atoms with van der Waals surface area (Å²) in [6.45, 7) is 2.14. The molecule has 2 atom stereocenters. The van der Waals surface area contributed by atoms with Crippen LogP contribution in [0.5, 0.6) is 0 Å². The van der Waals surface area contributed by atoms with Crippen LogP contribution in [0, 0.1) is 0 Å². The van der Waals surface area contributed by atoms with E-state index in [1.54, 1.807) is 0 Å². The van der Waals surface area contributed by atoms with Gasteiger partial charge in [0.05, 0.1) is 12.6 Å². The van der Waals surface area contributed by atoms with Crippen molar-refractivity contribution in [2.75, 3.05) is 20.7 Å². The van der Waals surface area contributed by atoms with Crippen LogP contribution in [0.2, 0.25) is 0 Å². The fourth-order valence-electron chi connectivity index (χ4n) is 1.98. The molecular weight excluding hydrogens is 200 g/mol. The third kappa shape index (κ3) is 3.04. The molecule has 0 radical (unpaired) electrons. The van der Waals surface area contributed by atoms with Crippen LogP contribution in [0.4, 0.5) is 0 Å². The fraction of sp³-hybridized carbons (Fsp3) is 0.538. The van der Waals surface area contributed by atoms with Gasteiger partial charge in [0.15, 0.2) is 0 Å². The van der Waals surface area contributed by atoms with Crippen molar-refractivity contribution in [3.05, 3.63) is 35.4 Å². The third-order valence-electron chi connectivity index (χ3n) is 2.90. The van der Waals surface area contributed by atoms with Gasteiger partial charge in [-0.25, -0.2) is 0 Å². The quantitative estimate of drug-likeness (QED) is 0.786. The van der Waals surface area contributed by atoms with E-state index in [2.05, 4.69) is 31.2 Å². The molecule has 0 fully saturated rings. The summed E-state index contributed by atoms with van der Waals surface area (Å²) in [5.41, 5.74) is 8.40. The number of rotatable bonds is 5. The van der Waals surface area contributed by atoms with Gasteiger partial charge in [-0.2, -0.15) is 0 Å². The molecule has 3 heteroatoms. The number of nitrogens with two attached hydrogens (primary N) is 1. The molecular formula is C13H22N2O. The highest BCUT2D eigenvalue weighted by Crippen LogP contribution is 2.21. The lowest BCUT2D eigenvalue weighted by molar-refractivity contribution is 0.181. The summed E-state index contributed by atoms with van der Waals surface area (Å²) in [7, 11) is 3.96. The van der Waals surface area contributed by atoms with E-state index in [0.29, 0.717) is 0 Å². The van der Waals surface area contributed by atoms with Gasteiger partial charge in [0.1, 0.15) is 0 Å². The van der Waals surface area contributed by atoms with E-state index in [-0.39, 0.29) is 18.7 Å². The van der Waals surface area contributed by atoms with E-state index in [1.807, 2.05) is 19.0 Å². The lowest BCUT2D eigenvalue weighted by Crippen LogP contribution is -2.39. The molecule has 0 spiro atoms. The Labute approximate surface area is 97.9 Å². The minimum absolute atomic E-state index is 0.00161. The minimum atomic E-state index is -0.248. The molecule has 0 heterocycles. The predicted octanol–water partition coefficient (Wildman–Crippen LogP) is 1.17. The molecule has 3 nitrogen and oxygen atoms in total. The topological polar surface area (TPSA) is 49.5 Å². The highest BCUT2D eigenvalue weighted by molar-refractivity contribution is 5.26. The molecule has 0 aromatic heterocycles. The second-order valence-electron chi connectivity index (χ2n) is 4.35. The first-order valence-electron chi connectivity index (χ1n) is 5.71. The number of likely N-dealkylation sites (N-methyl/N-ethyl adjacent to an activating group) is 1. The first-order chi connectivity index (χ1) is 7.60. The lowest BCUT2D eigenvalue weighted by atomic mass is 9.98. The summed E-state index contributed by atoms with van der Waals surface area (Å²) in [5.74, 6) is 0. The Kier molecular flexibility index (Phi) is 4.93. The standard InChI is InChI=1S/C13H22N2O/c1-4-10-5-7-11(8-6-10)13(15(2)3)12(14)9-16/h5-8,12-13,16H,4,9,14H2,1-3H3.